The first-order valence-corrected chi connectivity index (χ1v) is 8.99. The largest absolute Gasteiger partial charge is 0.306 e. The van der Waals surface area contributed by atoms with Crippen LogP contribution >= 0.6 is 27.3 Å². The molecule has 3 heterocycles. The van der Waals surface area contributed by atoms with Crippen LogP contribution in [0.15, 0.2) is 28.7 Å². The Morgan fingerprint density at radius 3 is 2.73 bits per heavy atom. The standard InChI is InChI=1S/C15H16BrN5S/c1-20-8-6-10(7-9-20)13-17-18-15-21(13)19-14(22-15)11-4-2-3-5-12(11)16/h2-5,10H,6-9H2,1H3. The van der Waals surface area contributed by atoms with Gasteiger partial charge in [-0.2, -0.15) is 9.61 Å². The highest BCUT2D eigenvalue weighted by atomic mass is 79.9. The van der Waals surface area contributed by atoms with Crippen LogP contribution in [0.4, 0.5) is 0 Å². The quantitative estimate of drug-likeness (QED) is 0.686. The minimum atomic E-state index is 0.459. The van der Waals surface area contributed by atoms with E-state index in [1.165, 1.54) is 0 Å². The Morgan fingerprint density at radius 1 is 1.18 bits per heavy atom. The Kier molecular flexibility index (Phi) is 3.71. The van der Waals surface area contributed by atoms with Crippen LogP contribution in [0.3, 0.4) is 0 Å². The second kappa shape index (κ2) is 5.72. The molecule has 7 heteroatoms. The molecule has 3 aromatic rings. The van der Waals surface area contributed by atoms with Gasteiger partial charge >= 0.3 is 0 Å². The van der Waals surface area contributed by atoms with Gasteiger partial charge < -0.3 is 4.90 Å². The number of hydrogen-bond donors (Lipinski definition) is 0. The van der Waals surface area contributed by atoms with Crippen LogP contribution in [-0.4, -0.2) is 44.8 Å². The molecule has 114 valence electrons. The van der Waals surface area contributed by atoms with Crippen molar-refractivity contribution in [3.05, 3.63) is 34.6 Å². The average molecular weight is 378 g/mol. The molecule has 0 amide bonds. The molecular weight excluding hydrogens is 362 g/mol. The van der Waals surface area contributed by atoms with Gasteiger partial charge in [-0.15, -0.1) is 10.2 Å². The van der Waals surface area contributed by atoms with Crippen molar-refractivity contribution in [1.29, 1.82) is 0 Å². The van der Waals surface area contributed by atoms with Gasteiger partial charge in [0.1, 0.15) is 5.01 Å². The summed E-state index contributed by atoms with van der Waals surface area (Å²) in [5.74, 6) is 1.47. The van der Waals surface area contributed by atoms with Gasteiger partial charge in [0.25, 0.3) is 0 Å². The summed E-state index contributed by atoms with van der Waals surface area (Å²) in [5, 5.41) is 14.5. The maximum absolute atomic E-state index is 4.76. The molecule has 1 aliphatic heterocycles. The Labute approximate surface area is 141 Å². The number of rotatable bonds is 2. The molecule has 1 aromatic carbocycles. The second-order valence-electron chi connectivity index (χ2n) is 5.72. The zero-order valence-corrected chi connectivity index (χ0v) is 14.6. The van der Waals surface area contributed by atoms with E-state index in [0.29, 0.717) is 5.92 Å². The molecule has 0 saturated carbocycles. The zero-order chi connectivity index (χ0) is 15.1. The average Bonchev–Trinajstić information content (AvgIpc) is 3.09. The monoisotopic (exact) mass is 377 g/mol. The third-order valence-electron chi connectivity index (χ3n) is 4.20. The second-order valence-corrected chi connectivity index (χ2v) is 7.53. The highest BCUT2D eigenvalue weighted by Crippen LogP contribution is 2.33. The molecule has 22 heavy (non-hydrogen) atoms. The molecule has 0 unspecified atom stereocenters. The highest BCUT2D eigenvalue weighted by Gasteiger charge is 2.25. The topological polar surface area (TPSA) is 46.3 Å². The molecule has 2 aromatic heterocycles. The summed E-state index contributed by atoms with van der Waals surface area (Å²) < 4.78 is 3.00. The third-order valence-corrected chi connectivity index (χ3v) is 5.83. The third kappa shape index (κ3) is 2.47. The number of piperidine rings is 1. The van der Waals surface area contributed by atoms with E-state index in [0.717, 1.165) is 51.8 Å². The van der Waals surface area contributed by atoms with Crippen LogP contribution in [0.25, 0.3) is 15.5 Å². The lowest BCUT2D eigenvalue weighted by molar-refractivity contribution is 0.250. The molecule has 4 rings (SSSR count). The Hall–Kier alpha value is -1.31. The van der Waals surface area contributed by atoms with Crippen molar-refractivity contribution in [1.82, 2.24) is 24.7 Å². The summed E-state index contributed by atoms with van der Waals surface area (Å²) in [5.41, 5.74) is 1.10. The Morgan fingerprint density at radius 2 is 1.95 bits per heavy atom. The summed E-state index contributed by atoms with van der Waals surface area (Å²) >= 11 is 5.18. The minimum absolute atomic E-state index is 0.459. The van der Waals surface area contributed by atoms with E-state index in [-0.39, 0.29) is 0 Å². The van der Waals surface area contributed by atoms with E-state index in [9.17, 15) is 0 Å². The van der Waals surface area contributed by atoms with Gasteiger partial charge in [0.15, 0.2) is 5.82 Å². The lowest BCUT2D eigenvalue weighted by atomic mass is 9.96. The number of aromatic nitrogens is 4. The normalized spacial score (nSPS) is 17.4. The van der Waals surface area contributed by atoms with E-state index in [2.05, 4.69) is 44.1 Å². The van der Waals surface area contributed by atoms with E-state index in [1.807, 2.05) is 22.7 Å². The molecular formula is C15H16BrN5S. The number of nitrogens with zero attached hydrogens (tertiary/aromatic N) is 5. The Bertz CT molecular complexity index is 803. The SMILES string of the molecule is CN1CCC(c2nnc3sc(-c4ccccc4Br)nn23)CC1. The number of fused-ring (bicyclic) bond motifs is 1. The Balaban J connectivity index is 1.72. The fraction of sp³-hybridized carbons (Fsp3) is 0.400. The number of benzene rings is 1. The fourth-order valence-electron chi connectivity index (χ4n) is 2.90. The van der Waals surface area contributed by atoms with Gasteiger partial charge in [-0.05, 0) is 39.0 Å². The van der Waals surface area contributed by atoms with Crippen molar-refractivity contribution in [3.63, 3.8) is 0 Å². The van der Waals surface area contributed by atoms with Crippen LogP contribution in [0.1, 0.15) is 24.6 Å². The van der Waals surface area contributed by atoms with E-state index >= 15 is 0 Å². The number of hydrogen-bond acceptors (Lipinski definition) is 5. The first-order valence-electron chi connectivity index (χ1n) is 7.38. The summed E-state index contributed by atoms with van der Waals surface area (Å²) in [4.78, 5) is 3.24. The number of halogens is 1. The van der Waals surface area contributed by atoms with Gasteiger partial charge in [0.05, 0.1) is 0 Å². The summed E-state index contributed by atoms with van der Waals surface area (Å²) in [6.07, 6.45) is 2.25. The minimum Gasteiger partial charge on any atom is -0.306 e. The molecule has 0 aliphatic carbocycles. The molecule has 0 radical (unpaired) electrons. The van der Waals surface area contributed by atoms with E-state index in [4.69, 9.17) is 5.10 Å². The van der Waals surface area contributed by atoms with Gasteiger partial charge in [-0.3, -0.25) is 0 Å². The molecule has 0 bridgehead atoms. The van der Waals surface area contributed by atoms with Crippen molar-refractivity contribution in [2.75, 3.05) is 20.1 Å². The predicted octanol–water partition coefficient (Wildman–Crippen LogP) is 3.42. The van der Waals surface area contributed by atoms with Crippen molar-refractivity contribution >= 4 is 32.2 Å². The van der Waals surface area contributed by atoms with E-state index in [1.54, 1.807) is 11.3 Å². The number of likely N-dealkylation sites (tertiary alicyclic amines) is 1. The smallest absolute Gasteiger partial charge is 0.234 e. The zero-order valence-electron chi connectivity index (χ0n) is 12.2. The van der Waals surface area contributed by atoms with Gasteiger partial charge in [-0.1, -0.05) is 45.5 Å². The summed E-state index contributed by atoms with van der Waals surface area (Å²) in [7, 11) is 2.17. The van der Waals surface area contributed by atoms with Gasteiger partial charge in [0, 0.05) is 16.0 Å². The lowest BCUT2D eigenvalue weighted by Gasteiger charge is -2.27. The molecule has 1 saturated heterocycles. The maximum Gasteiger partial charge on any atom is 0.234 e. The van der Waals surface area contributed by atoms with Crippen molar-refractivity contribution in [2.24, 2.45) is 0 Å². The van der Waals surface area contributed by atoms with Gasteiger partial charge in [-0.25, -0.2) is 0 Å². The molecule has 5 nitrogen and oxygen atoms in total. The van der Waals surface area contributed by atoms with Crippen molar-refractivity contribution in [3.8, 4) is 10.6 Å². The molecule has 0 N–H and O–H groups in total. The molecule has 1 aliphatic rings. The first-order chi connectivity index (χ1) is 10.7. The summed E-state index contributed by atoms with van der Waals surface area (Å²) in [6.45, 7) is 2.22. The summed E-state index contributed by atoms with van der Waals surface area (Å²) in [6, 6.07) is 8.15. The van der Waals surface area contributed by atoms with Crippen LogP contribution in [0.2, 0.25) is 0 Å². The maximum atomic E-state index is 4.76. The molecule has 0 atom stereocenters. The molecule has 1 fully saturated rings. The highest BCUT2D eigenvalue weighted by molar-refractivity contribution is 9.10. The van der Waals surface area contributed by atoms with Crippen LogP contribution < -0.4 is 0 Å². The fourth-order valence-corrected chi connectivity index (χ4v) is 4.39. The molecule has 0 spiro atoms. The lowest BCUT2D eigenvalue weighted by Crippen LogP contribution is -2.30. The first kappa shape index (κ1) is 14.3. The van der Waals surface area contributed by atoms with Crippen LogP contribution in [-0.2, 0) is 0 Å². The van der Waals surface area contributed by atoms with Crippen molar-refractivity contribution < 1.29 is 0 Å². The van der Waals surface area contributed by atoms with Gasteiger partial charge in [0.2, 0.25) is 4.96 Å². The van der Waals surface area contributed by atoms with Crippen molar-refractivity contribution in [2.45, 2.75) is 18.8 Å². The predicted molar refractivity (Wildman–Crippen MR) is 91.3 cm³/mol. The van der Waals surface area contributed by atoms with E-state index < -0.39 is 0 Å². The van der Waals surface area contributed by atoms with Crippen LogP contribution in [0, 0.1) is 0 Å². The van der Waals surface area contributed by atoms with Crippen LogP contribution in [0.5, 0.6) is 0 Å².